The van der Waals surface area contributed by atoms with Crippen molar-refractivity contribution in [2.24, 2.45) is 17.8 Å². The molecule has 2 atom stereocenters. The minimum Gasteiger partial charge on any atom is -0.493 e. The molecule has 2 unspecified atom stereocenters. The highest BCUT2D eigenvalue weighted by Crippen LogP contribution is 2.55. The highest BCUT2D eigenvalue weighted by molar-refractivity contribution is 6.10. The van der Waals surface area contributed by atoms with Crippen molar-refractivity contribution in [2.75, 3.05) is 6.61 Å². The van der Waals surface area contributed by atoms with Crippen molar-refractivity contribution >= 4 is 11.7 Å². The zero-order chi connectivity index (χ0) is 22.5. The zero-order valence-electron chi connectivity index (χ0n) is 18.1. The van der Waals surface area contributed by atoms with Crippen molar-refractivity contribution in [2.45, 2.75) is 50.7 Å². The number of ketones is 1. The van der Waals surface area contributed by atoms with Crippen molar-refractivity contribution in [3.8, 4) is 5.75 Å². The van der Waals surface area contributed by atoms with Crippen LogP contribution < -0.4 is 10.1 Å². The first kappa shape index (κ1) is 21.1. The van der Waals surface area contributed by atoms with Crippen LogP contribution in [0.1, 0.15) is 65.3 Å². The first-order chi connectivity index (χ1) is 15.4. The van der Waals surface area contributed by atoms with E-state index in [4.69, 9.17) is 4.74 Å². The van der Waals surface area contributed by atoms with Gasteiger partial charge in [-0.05, 0) is 87.1 Å². The number of rotatable bonds is 6. The van der Waals surface area contributed by atoms with Crippen LogP contribution in [0.15, 0.2) is 42.5 Å². The number of carbonyl (C=O) groups excluding carboxylic acids is 2. The monoisotopic (exact) mass is 437 g/mol. The van der Waals surface area contributed by atoms with Crippen LogP contribution in [0.2, 0.25) is 0 Å². The quantitative estimate of drug-likeness (QED) is 0.667. The Balaban J connectivity index is 1.38. The fraction of sp³-hybridized carbons (Fsp3) is 0.462. The van der Waals surface area contributed by atoms with Gasteiger partial charge in [-0.2, -0.15) is 0 Å². The van der Waals surface area contributed by atoms with Gasteiger partial charge in [0, 0.05) is 11.6 Å². The lowest BCUT2D eigenvalue weighted by atomic mass is 9.52. The molecule has 4 aliphatic carbocycles. The van der Waals surface area contributed by atoms with Crippen LogP contribution in [-0.2, 0) is 0 Å². The van der Waals surface area contributed by atoms with Gasteiger partial charge < -0.3 is 15.2 Å². The average molecular weight is 438 g/mol. The molecule has 0 aliphatic heterocycles. The summed E-state index contributed by atoms with van der Waals surface area (Å²) in [6.45, 7) is 2.15. The van der Waals surface area contributed by atoms with E-state index >= 15 is 0 Å². The molecule has 168 valence electrons. The lowest BCUT2D eigenvalue weighted by Gasteiger charge is -2.58. The number of hydrogen-bond acceptors (Lipinski definition) is 4. The van der Waals surface area contributed by atoms with Gasteiger partial charge in [0.25, 0.3) is 5.91 Å². The Kier molecular flexibility index (Phi) is 5.28. The van der Waals surface area contributed by atoms with Crippen LogP contribution in [0.4, 0.5) is 4.39 Å². The third-order valence-electron chi connectivity index (χ3n) is 7.45. The number of benzene rings is 2. The first-order valence-electron chi connectivity index (χ1n) is 11.5. The van der Waals surface area contributed by atoms with Gasteiger partial charge in [-0.1, -0.05) is 12.1 Å². The molecule has 2 aromatic rings. The van der Waals surface area contributed by atoms with Gasteiger partial charge in [0.2, 0.25) is 0 Å². The fourth-order valence-electron chi connectivity index (χ4n) is 6.37. The summed E-state index contributed by atoms with van der Waals surface area (Å²) in [5.74, 6) is 0.206. The molecule has 4 aliphatic rings. The number of hydrogen-bond donors (Lipinski definition) is 2. The van der Waals surface area contributed by atoms with Crippen molar-refractivity contribution in [1.82, 2.24) is 5.32 Å². The second-order valence-electron chi connectivity index (χ2n) is 9.65. The largest absolute Gasteiger partial charge is 0.493 e. The maximum Gasteiger partial charge on any atom is 0.255 e. The summed E-state index contributed by atoms with van der Waals surface area (Å²) in [6.07, 6.45) is 4.50. The predicted molar refractivity (Wildman–Crippen MR) is 117 cm³/mol. The molecule has 0 heterocycles. The lowest BCUT2D eigenvalue weighted by Crippen LogP contribution is -2.61. The third kappa shape index (κ3) is 3.71. The van der Waals surface area contributed by atoms with E-state index in [-0.39, 0.29) is 23.1 Å². The molecule has 32 heavy (non-hydrogen) atoms. The Hall–Kier alpha value is -2.73. The first-order valence-corrected chi connectivity index (χ1v) is 11.5. The number of halogens is 1. The Morgan fingerprint density at radius 3 is 2.47 bits per heavy atom. The molecule has 4 bridgehead atoms. The minimum atomic E-state index is -0.583. The molecular weight excluding hydrogens is 409 g/mol. The molecule has 2 N–H and O–H groups in total. The van der Waals surface area contributed by atoms with Crippen LogP contribution in [0.25, 0.3) is 0 Å². The highest BCUT2D eigenvalue weighted by atomic mass is 19.1. The summed E-state index contributed by atoms with van der Waals surface area (Å²) in [4.78, 5) is 26.0. The Labute approximate surface area is 187 Å². The summed E-state index contributed by atoms with van der Waals surface area (Å²) in [7, 11) is 0. The number of ether oxygens (including phenoxy) is 1. The Morgan fingerprint density at radius 2 is 1.81 bits per heavy atom. The van der Waals surface area contributed by atoms with Gasteiger partial charge in [-0.15, -0.1) is 0 Å². The van der Waals surface area contributed by atoms with Gasteiger partial charge in [-0.3, -0.25) is 9.59 Å². The van der Waals surface area contributed by atoms with Crippen LogP contribution in [-0.4, -0.2) is 35.0 Å². The predicted octanol–water partition coefficient (Wildman–Crippen LogP) is 4.12. The van der Waals surface area contributed by atoms with Crippen LogP contribution >= 0.6 is 0 Å². The van der Waals surface area contributed by atoms with E-state index < -0.39 is 17.2 Å². The number of carbonyl (C=O) groups is 2. The summed E-state index contributed by atoms with van der Waals surface area (Å²) in [5, 5.41) is 14.0. The Bertz CT molecular complexity index is 1050. The summed E-state index contributed by atoms with van der Waals surface area (Å²) < 4.78 is 19.8. The van der Waals surface area contributed by atoms with Crippen molar-refractivity contribution < 1.29 is 23.8 Å². The molecule has 4 fully saturated rings. The Morgan fingerprint density at radius 1 is 1.09 bits per heavy atom. The molecule has 0 saturated heterocycles. The molecule has 4 saturated carbocycles. The maximum absolute atomic E-state index is 14.1. The van der Waals surface area contributed by atoms with E-state index in [1.807, 2.05) is 6.92 Å². The third-order valence-corrected chi connectivity index (χ3v) is 7.45. The number of aliphatic hydroxyl groups is 1. The molecule has 6 rings (SSSR count). The standard InChI is InChI=1S/C26H28FNO4/c1-2-32-22-11-16(24(29)19-5-3-4-6-21(19)27)7-8-20(22)25(30)28-23-17-9-15-10-18(23)14-26(31,12-15)13-17/h3-8,11,15,17-18,23,31H,2,9-10,12-14H2,1H3,(H,28,30). The molecule has 5 nitrogen and oxygen atoms in total. The van der Waals surface area contributed by atoms with Gasteiger partial charge in [-0.25, -0.2) is 4.39 Å². The smallest absolute Gasteiger partial charge is 0.255 e. The van der Waals surface area contributed by atoms with E-state index in [0.29, 0.717) is 35.7 Å². The average Bonchev–Trinajstić information content (AvgIpc) is 2.75. The minimum absolute atomic E-state index is 0.0151. The SMILES string of the molecule is CCOc1cc(C(=O)c2ccccc2F)ccc1C(=O)NC1C2CC3CC1CC(O)(C3)C2. The van der Waals surface area contributed by atoms with E-state index in [1.54, 1.807) is 18.2 Å². The van der Waals surface area contributed by atoms with Crippen molar-refractivity contribution in [1.29, 1.82) is 0 Å². The van der Waals surface area contributed by atoms with Crippen molar-refractivity contribution in [3.05, 3.63) is 65.0 Å². The fourth-order valence-corrected chi connectivity index (χ4v) is 6.37. The molecule has 0 aromatic heterocycles. The molecule has 0 radical (unpaired) electrons. The van der Waals surface area contributed by atoms with E-state index in [1.165, 1.54) is 24.3 Å². The van der Waals surface area contributed by atoms with Crippen LogP contribution in [0.3, 0.4) is 0 Å². The molecular formula is C26H28FNO4. The molecule has 2 aromatic carbocycles. The van der Waals surface area contributed by atoms with Crippen LogP contribution in [0, 0.1) is 23.6 Å². The second-order valence-corrected chi connectivity index (χ2v) is 9.65. The van der Waals surface area contributed by atoms with Gasteiger partial charge >= 0.3 is 0 Å². The van der Waals surface area contributed by atoms with E-state index in [2.05, 4.69) is 5.32 Å². The summed E-state index contributed by atoms with van der Waals surface area (Å²) >= 11 is 0. The number of amides is 1. The van der Waals surface area contributed by atoms with E-state index in [9.17, 15) is 19.1 Å². The molecule has 6 heteroatoms. The summed E-state index contributed by atoms with van der Waals surface area (Å²) in [6, 6.07) is 10.5. The topological polar surface area (TPSA) is 75.6 Å². The van der Waals surface area contributed by atoms with Crippen LogP contribution in [0.5, 0.6) is 5.75 Å². The molecule has 1 amide bonds. The zero-order valence-corrected chi connectivity index (χ0v) is 18.1. The van der Waals surface area contributed by atoms with Crippen molar-refractivity contribution in [3.63, 3.8) is 0 Å². The summed E-state index contributed by atoms with van der Waals surface area (Å²) in [5.41, 5.74) is 0.0678. The lowest BCUT2D eigenvalue weighted by molar-refractivity contribution is -0.136. The van der Waals surface area contributed by atoms with E-state index in [0.717, 1.165) is 32.1 Å². The van der Waals surface area contributed by atoms with Gasteiger partial charge in [0.15, 0.2) is 5.78 Å². The van der Waals surface area contributed by atoms with Gasteiger partial charge in [0.1, 0.15) is 11.6 Å². The normalized spacial score (nSPS) is 30.2. The maximum atomic E-state index is 14.1. The number of nitrogens with one attached hydrogen (secondary N) is 1. The molecule has 0 spiro atoms. The van der Waals surface area contributed by atoms with Gasteiger partial charge in [0.05, 0.1) is 23.3 Å². The second kappa shape index (κ2) is 8.00. The highest BCUT2D eigenvalue weighted by Gasteiger charge is 2.55.